The first-order chi connectivity index (χ1) is 15.7. The number of carboxylic acids is 1. The van der Waals surface area contributed by atoms with E-state index in [0.717, 1.165) is 28.5 Å². The summed E-state index contributed by atoms with van der Waals surface area (Å²) >= 11 is 0. The molecule has 9 nitrogen and oxygen atoms in total. The number of aliphatic carboxylic acids is 1. The molecule has 0 radical (unpaired) electrons. The van der Waals surface area contributed by atoms with Gasteiger partial charge in [-0.1, -0.05) is 48.5 Å². The molecule has 1 atom stereocenters. The van der Waals surface area contributed by atoms with Crippen molar-refractivity contribution in [1.82, 2.24) is 10.6 Å². The molecule has 176 valence electrons. The Morgan fingerprint density at radius 2 is 1.61 bits per heavy atom. The van der Waals surface area contributed by atoms with Crippen molar-refractivity contribution in [2.45, 2.75) is 24.8 Å². The Hall–Kier alpha value is -3.40. The lowest BCUT2D eigenvalue weighted by Crippen LogP contribution is -2.48. The first kappa shape index (κ1) is 24.2. The lowest BCUT2D eigenvalue weighted by atomic mass is 9.98. The van der Waals surface area contributed by atoms with Crippen LogP contribution in [0.1, 0.15) is 29.9 Å². The minimum Gasteiger partial charge on any atom is -0.481 e. The Labute approximate surface area is 192 Å². The van der Waals surface area contributed by atoms with Crippen LogP contribution in [0.15, 0.2) is 48.5 Å². The number of rotatable bonds is 10. The van der Waals surface area contributed by atoms with Crippen molar-refractivity contribution >= 4 is 27.8 Å². The first-order valence-corrected chi connectivity index (χ1v) is 12.5. The van der Waals surface area contributed by atoms with Crippen LogP contribution in [0.3, 0.4) is 0 Å². The van der Waals surface area contributed by atoms with Crippen molar-refractivity contribution < 1.29 is 32.6 Å². The average Bonchev–Trinajstić information content (AvgIpc) is 3.07. The maximum Gasteiger partial charge on any atom is 0.407 e. The van der Waals surface area contributed by atoms with Crippen molar-refractivity contribution in [2.24, 2.45) is 0 Å². The number of fused-ring (bicyclic) bond motifs is 3. The van der Waals surface area contributed by atoms with Crippen LogP contribution in [0.5, 0.6) is 0 Å². The maximum absolute atomic E-state index is 12.4. The lowest BCUT2D eigenvalue weighted by Gasteiger charge is -2.18. The van der Waals surface area contributed by atoms with E-state index in [0.29, 0.717) is 0 Å². The molecule has 0 saturated heterocycles. The number of carbonyl (C=O) groups excluding carboxylic acids is 2. The molecule has 10 heteroatoms. The zero-order valence-electron chi connectivity index (χ0n) is 18.1. The molecule has 33 heavy (non-hydrogen) atoms. The molecule has 3 N–H and O–H groups in total. The van der Waals surface area contributed by atoms with Gasteiger partial charge in [0.25, 0.3) is 0 Å². The second-order valence-corrected chi connectivity index (χ2v) is 10.2. The summed E-state index contributed by atoms with van der Waals surface area (Å²) in [4.78, 5) is 35.9. The summed E-state index contributed by atoms with van der Waals surface area (Å²) in [5, 5.41) is 13.9. The Morgan fingerprint density at radius 1 is 1.03 bits per heavy atom. The van der Waals surface area contributed by atoms with Crippen molar-refractivity contribution in [2.75, 3.05) is 25.2 Å². The van der Waals surface area contributed by atoms with E-state index in [2.05, 4.69) is 10.6 Å². The van der Waals surface area contributed by atoms with E-state index in [9.17, 15) is 22.8 Å². The molecule has 1 aliphatic rings. The van der Waals surface area contributed by atoms with Crippen LogP contribution >= 0.6 is 0 Å². The minimum atomic E-state index is -3.17. The predicted molar refractivity (Wildman–Crippen MR) is 122 cm³/mol. The average molecular weight is 475 g/mol. The quantitative estimate of drug-likeness (QED) is 0.447. The predicted octanol–water partition coefficient (Wildman–Crippen LogP) is 1.92. The fourth-order valence-corrected chi connectivity index (χ4v) is 4.50. The molecule has 0 aromatic heterocycles. The highest BCUT2D eigenvalue weighted by Gasteiger charge is 2.30. The van der Waals surface area contributed by atoms with E-state index in [1.165, 1.54) is 0 Å². The van der Waals surface area contributed by atoms with Gasteiger partial charge in [0.05, 0.1) is 12.2 Å². The van der Waals surface area contributed by atoms with Gasteiger partial charge in [-0.05, 0) is 28.7 Å². The highest BCUT2D eigenvalue weighted by Crippen LogP contribution is 2.44. The van der Waals surface area contributed by atoms with Gasteiger partial charge in [-0.2, -0.15) is 0 Å². The topological polar surface area (TPSA) is 139 Å². The largest absolute Gasteiger partial charge is 0.481 e. The smallest absolute Gasteiger partial charge is 0.407 e. The molecule has 2 aromatic carbocycles. The Morgan fingerprint density at radius 3 is 2.15 bits per heavy atom. The number of amides is 2. The third-order valence-electron chi connectivity index (χ3n) is 5.32. The summed E-state index contributed by atoms with van der Waals surface area (Å²) < 4.78 is 27.7. The van der Waals surface area contributed by atoms with Crippen molar-refractivity contribution in [1.29, 1.82) is 0 Å². The summed E-state index contributed by atoms with van der Waals surface area (Å²) in [5.41, 5.74) is 4.19. The SMILES string of the molecule is CS(=O)(=O)CCCNC(=O)C(CC(=O)O)NC(=O)OCC1c2ccccc2-c2ccccc21. The number of hydrogen-bond acceptors (Lipinski definition) is 6. The van der Waals surface area contributed by atoms with Gasteiger partial charge in [-0.15, -0.1) is 0 Å². The Kier molecular flexibility index (Phi) is 7.70. The standard InChI is InChI=1S/C23H26N2O7S/c1-33(30,31)12-6-11-24-22(28)20(13-21(26)27)25-23(29)32-14-19-17-9-4-2-7-15(17)16-8-3-5-10-18(16)19/h2-5,7-10,19-20H,6,11-14H2,1H3,(H,24,28)(H,25,29)(H,26,27). The van der Waals surface area contributed by atoms with Crippen molar-refractivity contribution in [3.8, 4) is 11.1 Å². The van der Waals surface area contributed by atoms with Crippen LogP contribution in [0.2, 0.25) is 0 Å². The number of nitrogens with one attached hydrogen (secondary N) is 2. The lowest BCUT2D eigenvalue weighted by molar-refractivity contribution is -0.139. The molecule has 1 unspecified atom stereocenters. The van der Waals surface area contributed by atoms with Crippen LogP contribution < -0.4 is 10.6 Å². The van der Waals surface area contributed by atoms with E-state index in [4.69, 9.17) is 9.84 Å². The van der Waals surface area contributed by atoms with Crippen molar-refractivity contribution in [3.63, 3.8) is 0 Å². The number of carbonyl (C=O) groups is 3. The second-order valence-electron chi connectivity index (χ2n) is 7.89. The fraction of sp³-hybridized carbons (Fsp3) is 0.348. The molecular weight excluding hydrogens is 448 g/mol. The number of sulfone groups is 1. The Balaban J connectivity index is 1.59. The zero-order chi connectivity index (χ0) is 24.0. The Bertz CT molecular complexity index is 1100. The summed E-state index contributed by atoms with van der Waals surface area (Å²) in [6.45, 7) is 0.0595. The van der Waals surface area contributed by atoms with Gasteiger partial charge < -0.3 is 20.5 Å². The number of hydrogen-bond donors (Lipinski definition) is 3. The summed E-state index contributed by atoms with van der Waals surface area (Å²) in [7, 11) is -3.17. The van der Waals surface area contributed by atoms with E-state index in [-0.39, 0.29) is 31.2 Å². The van der Waals surface area contributed by atoms with Crippen LogP contribution in [-0.4, -0.2) is 62.7 Å². The molecule has 2 aromatic rings. The summed E-state index contributed by atoms with van der Waals surface area (Å²) in [6, 6.07) is 14.3. The molecule has 0 saturated carbocycles. The minimum absolute atomic E-state index is 0.0234. The fourth-order valence-electron chi connectivity index (χ4n) is 3.84. The number of alkyl carbamates (subject to hydrolysis) is 1. The monoisotopic (exact) mass is 474 g/mol. The normalized spacial score (nSPS) is 13.5. The maximum atomic E-state index is 12.4. The zero-order valence-corrected chi connectivity index (χ0v) is 18.9. The molecule has 1 aliphatic carbocycles. The molecule has 0 bridgehead atoms. The molecule has 2 amide bonds. The van der Waals surface area contributed by atoms with Crippen LogP contribution in [-0.2, 0) is 24.2 Å². The van der Waals surface area contributed by atoms with Crippen LogP contribution in [0.4, 0.5) is 4.79 Å². The molecule has 0 heterocycles. The van der Waals surface area contributed by atoms with Gasteiger partial charge in [0.15, 0.2) is 0 Å². The summed E-state index contributed by atoms with van der Waals surface area (Å²) in [5.74, 6) is -2.29. The number of benzene rings is 2. The molecule has 3 rings (SSSR count). The number of ether oxygens (including phenoxy) is 1. The van der Waals surface area contributed by atoms with E-state index >= 15 is 0 Å². The first-order valence-electron chi connectivity index (χ1n) is 10.4. The van der Waals surface area contributed by atoms with E-state index < -0.39 is 40.3 Å². The third kappa shape index (κ3) is 6.55. The van der Waals surface area contributed by atoms with Gasteiger partial charge in [0, 0.05) is 18.7 Å². The van der Waals surface area contributed by atoms with Gasteiger partial charge in [-0.3, -0.25) is 9.59 Å². The van der Waals surface area contributed by atoms with Crippen LogP contribution in [0.25, 0.3) is 11.1 Å². The molecule has 0 fully saturated rings. The van der Waals surface area contributed by atoms with E-state index in [1.807, 2.05) is 48.5 Å². The summed E-state index contributed by atoms with van der Waals surface area (Å²) in [6.07, 6.45) is -0.285. The van der Waals surface area contributed by atoms with Crippen LogP contribution in [0, 0.1) is 0 Å². The molecular formula is C23H26N2O7S. The van der Waals surface area contributed by atoms with Gasteiger partial charge >= 0.3 is 12.1 Å². The van der Waals surface area contributed by atoms with Gasteiger partial charge in [0.2, 0.25) is 5.91 Å². The highest BCUT2D eigenvalue weighted by molar-refractivity contribution is 7.90. The van der Waals surface area contributed by atoms with Gasteiger partial charge in [0.1, 0.15) is 22.5 Å². The number of carboxylic acid groups (broad SMARTS) is 1. The van der Waals surface area contributed by atoms with E-state index in [1.54, 1.807) is 0 Å². The van der Waals surface area contributed by atoms with Gasteiger partial charge in [-0.25, -0.2) is 13.2 Å². The molecule has 0 aliphatic heterocycles. The van der Waals surface area contributed by atoms with Crippen molar-refractivity contribution in [3.05, 3.63) is 59.7 Å². The third-order valence-corrected chi connectivity index (χ3v) is 6.35. The molecule has 0 spiro atoms. The second kappa shape index (κ2) is 10.5. The highest BCUT2D eigenvalue weighted by atomic mass is 32.2.